The molecule has 3 heteroatoms. The number of aryl methyl sites for hydroxylation is 1. The van der Waals surface area contributed by atoms with E-state index < -0.39 is 11.6 Å². The number of benzene rings is 1. The standard InChI is InChI=1S/C14H19F2N/c15-13-8-6-11(10-14(13)16)5-7-12-4-2-1-3-9-17-12/h6,8,10,12,17H,1-5,7,9H2. The van der Waals surface area contributed by atoms with Gasteiger partial charge < -0.3 is 5.32 Å². The minimum atomic E-state index is -0.763. The van der Waals surface area contributed by atoms with Crippen LogP contribution >= 0.6 is 0 Å². The molecule has 1 N–H and O–H groups in total. The van der Waals surface area contributed by atoms with Gasteiger partial charge in [0, 0.05) is 6.04 Å². The third-order valence-electron chi connectivity index (χ3n) is 3.43. The molecule has 0 aromatic heterocycles. The van der Waals surface area contributed by atoms with Crippen LogP contribution in [0.25, 0.3) is 0 Å². The predicted octanol–water partition coefficient (Wildman–Crippen LogP) is 3.43. The second kappa shape index (κ2) is 6.10. The van der Waals surface area contributed by atoms with Crippen molar-refractivity contribution in [3.63, 3.8) is 0 Å². The van der Waals surface area contributed by atoms with Crippen LogP contribution in [0.5, 0.6) is 0 Å². The molecule has 1 unspecified atom stereocenters. The maximum Gasteiger partial charge on any atom is 0.159 e. The SMILES string of the molecule is Fc1ccc(CCC2CCCCCN2)cc1F. The maximum absolute atomic E-state index is 13.0. The van der Waals surface area contributed by atoms with E-state index in [9.17, 15) is 8.78 Å². The first kappa shape index (κ1) is 12.5. The number of nitrogens with one attached hydrogen (secondary N) is 1. The van der Waals surface area contributed by atoms with Gasteiger partial charge in [-0.2, -0.15) is 0 Å². The van der Waals surface area contributed by atoms with E-state index in [1.807, 2.05) is 0 Å². The molecule has 94 valence electrons. The van der Waals surface area contributed by atoms with Crippen molar-refractivity contribution in [2.75, 3.05) is 6.54 Å². The third-order valence-corrected chi connectivity index (χ3v) is 3.43. The first-order valence-electron chi connectivity index (χ1n) is 6.43. The maximum atomic E-state index is 13.0. The molecule has 17 heavy (non-hydrogen) atoms. The summed E-state index contributed by atoms with van der Waals surface area (Å²) in [5.41, 5.74) is 0.884. The van der Waals surface area contributed by atoms with Gasteiger partial charge in [0.25, 0.3) is 0 Å². The molecular weight excluding hydrogens is 220 g/mol. The fourth-order valence-corrected chi connectivity index (χ4v) is 2.38. The highest BCUT2D eigenvalue weighted by Gasteiger charge is 2.11. The van der Waals surface area contributed by atoms with E-state index in [1.54, 1.807) is 6.07 Å². The van der Waals surface area contributed by atoms with Crippen LogP contribution in [0.15, 0.2) is 18.2 Å². The largest absolute Gasteiger partial charge is 0.314 e. The first-order valence-corrected chi connectivity index (χ1v) is 6.43. The van der Waals surface area contributed by atoms with Gasteiger partial charge in [-0.1, -0.05) is 18.9 Å². The van der Waals surface area contributed by atoms with Gasteiger partial charge in [-0.25, -0.2) is 8.78 Å². The molecule has 1 aromatic rings. The first-order chi connectivity index (χ1) is 8.25. The summed E-state index contributed by atoms with van der Waals surface area (Å²) < 4.78 is 25.8. The molecule has 0 saturated carbocycles. The van der Waals surface area contributed by atoms with Gasteiger partial charge in [0.1, 0.15) is 0 Å². The van der Waals surface area contributed by atoms with Gasteiger partial charge in [0.2, 0.25) is 0 Å². The summed E-state index contributed by atoms with van der Waals surface area (Å²) in [5.74, 6) is -1.50. The Hall–Kier alpha value is -0.960. The van der Waals surface area contributed by atoms with Gasteiger partial charge >= 0.3 is 0 Å². The summed E-state index contributed by atoms with van der Waals surface area (Å²) in [7, 11) is 0. The number of hydrogen-bond donors (Lipinski definition) is 1. The highest BCUT2D eigenvalue weighted by atomic mass is 19.2. The molecule has 1 aliphatic heterocycles. The second-order valence-electron chi connectivity index (χ2n) is 4.79. The molecule has 2 rings (SSSR count). The summed E-state index contributed by atoms with van der Waals surface area (Å²) in [6.07, 6.45) is 6.84. The third kappa shape index (κ3) is 3.77. The van der Waals surface area contributed by atoms with E-state index in [4.69, 9.17) is 0 Å². The van der Waals surface area contributed by atoms with Crippen molar-refractivity contribution < 1.29 is 8.78 Å². The summed E-state index contributed by atoms with van der Waals surface area (Å²) in [5, 5.41) is 3.51. The molecule has 1 fully saturated rings. The lowest BCUT2D eigenvalue weighted by molar-refractivity contribution is 0.475. The molecule has 0 spiro atoms. The van der Waals surface area contributed by atoms with Gasteiger partial charge in [-0.05, 0) is 49.9 Å². The van der Waals surface area contributed by atoms with E-state index in [1.165, 1.54) is 37.8 Å². The Labute approximate surface area is 101 Å². The van der Waals surface area contributed by atoms with Crippen molar-refractivity contribution in [1.29, 1.82) is 0 Å². The molecule has 1 aromatic carbocycles. The van der Waals surface area contributed by atoms with Crippen molar-refractivity contribution in [1.82, 2.24) is 5.32 Å². The summed E-state index contributed by atoms with van der Waals surface area (Å²) in [4.78, 5) is 0. The zero-order valence-electron chi connectivity index (χ0n) is 10.0. The Balaban J connectivity index is 1.85. The second-order valence-corrected chi connectivity index (χ2v) is 4.79. The number of hydrogen-bond acceptors (Lipinski definition) is 1. The fraction of sp³-hybridized carbons (Fsp3) is 0.571. The van der Waals surface area contributed by atoms with Crippen molar-refractivity contribution in [3.05, 3.63) is 35.4 Å². The van der Waals surface area contributed by atoms with Crippen molar-refractivity contribution in [2.45, 2.75) is 44.6 Å². The lowest BCUT2D eigenvalue weighted by Crippen LogP contribution is -2.28. The molecule has 0 aliphatic carbocycles. The Morgan fingerprint density at radius 3 is 2.82 bits per heavy atom. The fourth-order valence-electron chi connectivity index (χ4n) is 2.38. The van der Waals surface area contributed by atoms with E-state index in [0.717, 1.165) is 24.9 Å². The average Bonchev–Trinajstić information content (AvgIpc) is 2.59. The molecular formula is C14H19F2N. The Kier molecular flexibility index (Phi) is 4.49. The predicted molar refractivity (Wildman–Crippen MR) is 64.9 cm³/mol. The van der Waals surface area contributed by atoms with Gasteiger partial charge in [-0.3, -0.25) is 0 Å². The van der Waals surface area contributed by atoms with E-state index in [0.29, 0.717) is 6.04 Å². The number of halogens is 2. The zero-order chi connectivity index (χ0) is 12.1. The van der Waals surface area contributed by atoms with Crippen molar-refractivity contribution in [3.8, 4) is 0 Å². The molecule has 0 amide bonds. The van der Waals surface area contributed by atoms with Gasteiger partial charge in [0.15, 0.2) is 11.6 Å². The molecule has 1 nitrogen and oxygen atoms in total. The van der Waals surface area contributed by atoms with Crippen LogP contribution in [-0.4, -0.2) is 12.6 Å². The van der Waals surface area contributed by atoms with Gasteiger partial charge in [0.05, 0.1) is 0 Å². The lowest BCUT2D eigenvalue weighted by Gasteiger charge is -2.15. The topological polar surface area (TPSA) is 12.0 Å². The number of rotatable bonds is 3. The van der Waals surface area contributed by atoms with E-state index >= 15 is 0 Å². The monoisotopic (exact) mass is 239 g/mol. The van der Waals surface area contributed by atoms with Crippen LogP contribution in [0.1, 0.15) is 37.7 Å². The van der Waals surface area contributed by atoms with E-state index in [-0.39, 0.29) is 0 Å². The molecule has 1 saturated heterocycles. The summed E-state index contributed by atoms with van der Waals surface area (Å²) in [6.45, 7) is 1.09. The summed E-state index contributed by atoms with van der Waals surface area (Å²) in [6, 6.07) is 4.73. The Morgan fingerprint density at radius 1 is 1.12 bits per heavy atom. The average molecular weight is 239 g/mol. The highest BCUT2D eigenvalue weighted by molar-refractivity contribution is 5.18. The quantitative estimate of drug-likeness (QED) is 0.852. The molecule has 1 aliphatic rings. The minimum Gasteiger partial charge on any atom is -0.314 e. The van der Waals surface area contributed by atoms with E-state index in [2.05, 4.69) is 5.32 Å². The molecule has 0 radical (unpaired) electrons. The molecule has 1 atom stereocenters. The smallest absolute Gasteiger partial charge is 0.159 e. The zero-order valence-corrected chi connectivity index (χ0v) is 10.0. The Bertz CT molecular complexity index is 357. The van der Waals surface area contributed by atoms with Crippen LogP contribution in [-0.2, 0) is 6.42 Å². The van der Waals surface area contributed by atoms with Crippen molar-refractivity contribution in [2.24, 2.45) is 0 Å². The molecule has 0 bridgehead atoms. The van der Waals surface area contributed by atoms with Gasteiger partial charge in [-0.15, -0.1) is 0 Å². The van der Waals surface area contributed by atoms with Crippen LogP contribution in [0.4, 0.5) is 8.78 Å². The van der Waals surface area contributed by atoms with Crippen molar-refractivity contribution >= 4 is 0 Å². The lowest BCUT2D eigenvalue weighted by atomic mass is 10.0. The minimum absolute atomic E-state index is 0.533. The Morgan fingerprint density at radius 2 is 2.00 bits per heavy atom. The van der Waals surface area contributed by atoms with Crippen LogP contribution in [0, 0.1) is 11.6 Å². The van der Waals surface area contributed by atoms with Crippen LogP contribution in [0.2, 0.25) is 0 Å². The molecule has 1 heterocycles. The summed E-state index contributed by atoms with van der Waals surface area (Å²) >= 11 is 0. The van der Waals surface area contributed by atoms with Crippen LogP contribution < -0.4 is 5.32 Å². The highest BCUT2D eigenvalue weighted by Crippen LogP contribution is 2.15. The van der Waals surface area contributed by atoms with Crippen LogP contribution in [0.3, 0.4) is 0 Å². The normalized spacial score (nSPS) is 21.2.